The summed E-state index contributed by atoms with van der Waals surface area (Å²) in [6, 6.07) is 10.5. The quantitative estimate of drug-likeness (QED) is 0.853. The van der Waals surface area contributed by atoms with Crippen LogP contribution in [0.25, 0.3) is 0 Å². The highest BCUT2D eigenvalue weighted by Gasteiger charge is 2.15. The van der Waals surface area contributed by atoms with Crippen molar-refractivity contribution in [3.63, 3.8) is 0 Å². The zero-order valence-electron chi connectivity index (χ0n) is 9.60. The van der Waals surface area contributed by atoms with E-state index in [1.165, 1.54) is 24.3 Å². The number of benzene rings is 2. The van der Waals surface area contributed by atoms with Crippen molar-refractivity contribution in [2.24, 2.45) is 0 Å². The highest BCUT2D eigenvalue weighted by molar-refractivity contribution is 7.92. The largest absolute Gasteiger partial charge is 0.397 e. The number of nitrogens with one attached hydrogen (secondary N) is 1. The third-order valence-electron chi connectivity index (χ3n) is 2.36. The summed E-state index contributed by atoms with van der Waals surface area (Å²) in [6.07, 6.45) is 0. The number of nitrogens with two attached hydrogens (primary N) is 1. The minimum absolute atomic E-state index is 0.0642. The molecule has 0 amide bonds. The molecule has 0 radical (unpaired) electrons. The van der Waals surface area contributed by atoms with E-state index in [1.807, 2.05) is 0 Å². The average molecular weight is 317 g/mol. The third-order valence-corrected chi connectivity index (χ3v) is 4.20. The van der Waals surface area contributed by atoms with Crippen LogP contribution in [0.1, 0.15) is 0 Å². The Morgan fingerprint density at radius 2 is 1.68 bits per heavy atom. The minimum atomic E-state index is -3.73. The van der Waals surface area contributed by atoms with Crippen LogP contribution in [0.5, 0.6) is 0 Å². The number of hydrogen-bond donors (Lipinski definition) is 2. The third kappa shape index (κ3) is 3.32. The molecule has 0 aliphatic rings. The lowest BCUT2D eigenvalue weighted by molar-refractivity contribution is 0.601. The molecule has 4 nitrogen and oxygen atoms in total. The van der Waals surface area contributed by atoms with Crippen molar-refractivity contribution in [3.05, 3.63) is 52.5 Å². The summed E-state index contributed by atoms with van der Waals surface area (Å²) >= 11 is 11.5. The van der Waals surface area contributed by atoms with Crippen LogP contribution in [0, 0.1) is 0 Å². The van der Waals surface area contributed by atoms with Gasteiger partial charge in [0.2, 0.25) is 0 Å². The molecular weight excluding hydrogens is 307 g/mol. The molecule has 2 aromatic rings. The number of sulfonamides is 1. The maximum Gasteiger partial charge on any atom is 0.262 e. The zero-order valence-corrected chi connectivity index (χ0v) is 11.9. The van der Waals surface area contributed by atoms with E-state index in [2.05, 4.69) is 4.72 Å². The van der Waals surface area contributed by atoms with Crippen LogP contribution in [-0.4, -0.2) is 8.42 Å². The summed E-state index contributed by atoms with van der Waals surface area (Å²) in [5.74, 6) is 0. The first-order chi connectivity index (χ1) is 8.88. The Labute approximate surface area is 121 Å². The highest BCUT2D eigenvalue weighted by Crippen LogP contribution is 2.26. The van der Waals surface area contributed by atoms with Gasteiger partial charge in [-0.05, 0) is 36.4 Å². The molecule has 19 heavy (non-hydrogen) atoms. The van der Waals surface area contributed by atoms with Gasteiger partial charge in [0, 0.05) is 10.0 Å². The standard InChI is InChI=1S/C12H10Cl2N2O2S/c13-8-2-1-3-10(6-8)19(17,18)16-12-5-4-9(14)7-11(12)15/h1-7,16H,15H2. The van der Waals surface area contributed by atoms with Crippen molar-refractivity contribution >= 4 is 44.6 Å². The maximum absolute atomic E-state index is 12.1. The summed E-state index contributed by atoms with van der Waals surface area (Å²) in [7, 11) is -3.73. The number of rotatable bonds is 3. The molecule has 3 N–H and O–H groups in total. The molecular formula is C12H10Cl2N2O2S. The second-order valence-electron chi connectivity index (χ2n) is 3.79. The van der Waals surface area contributed by atoms with E-state index in [0.717, 1.165) is 0 Å². The summed E-state index contributed by atoms with van der Waals surface area (Å²) in [5.41, 5.74) is 6.22. The monoisotopic (exact) mass is 316 g/mol. The lowest BCUT2D eigenvalue weighted by Crippen LogP contribution is -2.14. The molecule has 0 bridgehead atoms. The molecule has 7 heteroatoms. The lowest BCUT2D eigenvalue weighted by atomic mass is 10.3. The molecule has 0 heterocycles. The van der Waals surface area contributed by atoms with Crippen molar-refractivity contribution < 1.29 is 8.42 Å². The summed E-state index contributed by atoms with van der Waals surface area (Å²) in [6.45, 7) is 0. The van der Waals surface area contributed by atoms with E-state index in [9.17, 15) is 8.42 Å². The number of halogens is 2. The fourth-order valence-electron chi connectivity index (χ4n) is 1.46. The highest BCUT2D eigenvalue weighted by atomic mass is 35.5. The molecule has 2 aromatic carbocycles. The van der Waals surface area contributed by atoms with Gasteiger partial charge >= 0.3 is 0 Å². The molecule has 100 valence electrons. The molecule has 0 aliphatic carbocycles. The van der Waals surface area contributed by atoms with Crippen molar-refractivity contribution in [1.82, 2.24) is 0 Å². The first-order valence-corrected chi connectivity index (χ1v) is 7.46. The Morgan fingerprint density at radius 1 is 1.00 bits per heavy atom. The van der Waals surface area contributed by atoms with Crippen LogP contribution in [-0.2, 0) is 10.0 Å². The normalized spacial score (nSPS) is 11.3. The smallest absolute Gasteiger partial charge is 0.262 e. The van der Waals surface area contributed by atoms with E-state index in [4.69, 9.17) is 28.9 Å². The predicted molar refractivity (Wildman–Crippen MR) is 78.1 cm³/mol. The van der Waals surface area contributed by atoms with E-state index < -0.39 is 10.0 Å². The molecule has 0 saturated heterocycles. The Kier molecular flexibility index (Phi) is 3.89. The van der Waals surface area contributed by atoms with Crippen molar-refractivity contribution in [1.29, 1.82) is 0 Å². The van der Waals surface area contributed by atoms with Crippen molar-refractivity contribution in [2.75, 3.05) is 10.5 Å². The van der Waals surface area contributed by atoms with Gasteiger partial charge in [0.25, 0.3) is 10.0 Å². The fraction of sp³-hybridized carbons (Fsp3) is 0. The molecule has 2 rings (SSSR count). The number of anilines is 2. The molecule has 0 spiro atoms. The fourth-order valence-corrected chi connectivity index (χ4v) is 3.03. The number of hydrogen-bond acceptors (Lipinski definition) is 3. The second kappa shape index (κ2) is 5.28. The van der Waals surface area contributed by atoms with Crippen molar-refractivity contribution in [2.45, 2.75) is 4.90 Å². The molecule has 0 aromatic heterocycles. The van der Waals surface area contributed by atoms with Crippen LogP contribution in [0.15, 0.2) is 47.4 Å². The molecule has 0 aliphatic heterocycles. The van der Waals surface area contributed by atoms with Gasteiger partial charge in [-0.25, -0.2) is 8.42 Å². The Balaban J connectivity index is 2.36. The Bertz CT molecular complexity index is 717. The first-order valence-electron chi connectivity index (χ1n) is 5.22. The van der Waals surface area contributed by atoms with Gasteiger partial charge in [-0.1, -0.05) is 29.3 Å². The molecule has 0 unspecified atom stereocenters. The van der Waals surface area contributed by atoms with Gasteiger partial charge in [0.05, 0.1) is 16.3 Å². The van der Waals surface area contributed by atoms with Crippen molar-refractivity contribution in [3.8, 4) is 0 Å². The van der Waals surface area contributed by atoms with Gasteiger partial charge < -0.3 is 5.73 Å². The van der Waals surface area contributed by atoms with Gasteiger partial charge in [-0.3, -0.25) is 4.72 Å². The number of nitrogen functional groups attached to an aromatic ring is 1. The maximum atomic E-state index is 12.1. The lowest BCUT2D eigenvalue weighted by Gasteiger charge is -2.10. The van der Waals surface area contributed by atoms with Gasteiger partial charge in [0.1, 0.15) is 0 Å². The Hall–Kier alpha value is -1.43. The Morgan fingerprint density at radius 3 is 2.32 bits per heavy atom. The topological polar surface area (TPSA) is 72.2 Å². The molecule has 0 atom stereocenters. The van der Waals surface area contributed by atoms with Crippen LogP contribution in [0.3, 0.4) is 0 Å². The van der Waals surface area contributed by atoms with Gasteiger partial charge in [0.15, 0.2) is 0 Å². The average Bonchev–Trinajstić information content (AvgIpc) is 2.33. The van der Waals surface area contributed by atoms with E-state index in [0.29, 0.717) is 10.0 Å². The van der Waals surface area contributed by atoms with Crippen LogP contribution >= 0.6 is 23.2 Å². The van der Waals surface area contributed by atoms with Crippen LogP contribution in [0.4, 0.5) is 11.4 Å². The first kappa shape index (κ1) is 14.0. The van der Waals surface area contributed by atoms with Gasteiger partial charge in [-0.15, -0.1) is 0 Å². The van der Waals surface area contributed by atoms with E-state index in [1.54, 1.807) is 18.2 Å². The summed E-state index contributed by atoms with van der Waals surface area (Å²) < 4.78 is 26.7. The second-order valence-corrected chi connectivity index (χ2v) is 6.35. The summed E-state index contributed by atoms with van der Waals surface area (Å²) in [4.78, 5) is 0.0642. The van der Waals surface area contributed by atoms with Gasteiger partial charge in [-0.2, -0.15) is 0 Å². The van der Waals surface area contributed by atoms with Crippen LogP contribution < -0.4 is 10.5 Å². The molecule has 0 saturated carbocycles. The predicted octanol–water partition coefficient (Wildman–Crippen LogP) is 3.38. The van der Waals surface area contributed by atoms with E-state index >= 15 is 0 Å². The zero-order chi connectivity index (χ0) is 14.0. The van der Waals surface area contributed by atoms with Crippen LogP contribution in [0.2, 0.25) is 10.0 Å². The molecule has 0 fully saturated rings. The minimum Gasteiger partial charge on any atom is -0.397 e. The van der Waals surface area contributed by atoms with E-state index in [-0.39, 0.29) is 16.3 Å². The summed E-state index contributed by atoms with van der Waals surface area (Å²) in [5, 5.41) is 0.773. The SMILES string of the molecule is Nc1cc(Cl)ccc1NS(=O)(=O)c1cccc(Cl)c1.